The van der Waals surface area contributed by atoms with Crippen molar-refractivity contribution >= 4 is 0 Å². The molecular formula is C12H19NO. The zero-order valence-electron chi connectivity index (χ0n) is 9.29. The summed E-state index contributed by atoms with van der Waals surface area (Å²) in [7, 11) is 1.70. The summed E-state index contributed by atoms with van der Waals surface area (Å²) in [6.07, 6.45) is 5.28. The molecule has 0 saturated carbocycles. The number of aryl methyl sites for hydroxylation is 1. The van der Waals surface area contributed by atoms with Crippen molar-refractivity contribution in [2.24, 2.45) is 5.92 Å². The van der Waals surface area contributed by atoms with Crippen molar-refractivity contribution in [3.05, 3.63) is 24.0 Å². The van der Waals surface area contributed by atoms with Gasteiger partial charge >= 0.3 is 0 Å². The molecule has 78 valence electrons. The average molecular weight is 193 g/mol. The minimum Gasteiger partial charge on any atom is -0.495 e. The Morgan fingerprint density at radius 1 is 1.43 bits per heavy atom. The van der Waals surface area contributed by atoms with Gasteiger partial charge in [-0.25, -0.2) is 0 Å². The molecule has 14 heavy (non-hydrogen) atoms. The molecule has 0 aromatic carbocycles. The molecule has 1 aromatic rings. The SMILES string of the molecule is COc1cccnc1CCCC(C)C. The summed E-state index contributed by atoms with van der Waals surface area (Å²) in [4.78, 5) is 4.32. The predicted octanol–water partition coefficient (Wildman–Crippen LogP) is 3.07. The van der Waals surface area contributed by atoms with Gasteiger partial charge in [0, 0.05) is 6.20 Å². The van der Waals surface area contributed by atoms with Crippen molar-refractivity contribution in [1.82, 2.24) is 4.98 Å². The summed E-state index contributed by atoms with van der Waals surface area (Å²) in [6.45, 7) is 4.49. The first kappa shape index (κ1) is 11.0. The lowest BCUT2D eigenvalue weighted by atomic mass is 10.0. The van der Waals surface area contributed by atoms with Gasteiger partial charge in [-0.05, 0) is 30.9 Å². The fraction of sp³-hybridized carbons (Fsp3) is 0.583. The summed E-state index contributed by atoms with van der Waals surface area (Å²) < 4.78 is 5.24. The van der Waals surface area contributed by atoms with Gasteiger partial charge in [-0.1, -0.05) is 20.3 Å². The van der Waals surface area contributed by atoms with Gasteiger partial charge in [0.25, 0.3) is 0 Å². The maximum Gasteiger partial charge on any atom is 0.140 e. The van der Waals surface area contributed by atoms with E-state index in [1.807, 2.05) is 18.3 Å². The number of hydrogen-bond donors (Lipinski definition) is 0. The van der Waals surface area contributed by atoms with Crippen LogP contribution in [0.4, 0.5) is 0 Å². The van der Waals surface area contributed by atoms with E-state index in [1.165, 1.54) is 12.8 Å². The Kier molecular flexibility index (Phi) is 4.44. The number of rotatable bonds is 5. The first-order chi connectivity index (χ1) is 6.74. The normalized spacial score (nSPS) is 10.6. The largest absolute Gasteiger partial charge is 0.495 e. The Balaban J connectivity index is 2.49. The van der Waals surface area contributed by atoms with E-state index in [-0.39, 0.29) is 0 Å². The molecule has 2 heteroatoms. The topological polar surface area (TPSA) is 22.1 Å². The number of aromatic nitrogens is 1. The van der Waals surface area contributed by atoms with Gasteiger partial charge in [-0.3, -0.25) is 4.98 Å². The van der Waals surface area contributed by atoms with Gasteiger partial charge in [-0.15, -0.1) is 0 Å². The molecule has 0 radical (unpaired) electrons. The van der Waals surface area contributed by atoms with Crippen molar-refractivity contribution in [3.8, 4) is 5.75 Å². The molecule has 1 heterocycles. The van der Waals surface area contributed by atoms with Crippen LogP contribution >= 0.6 is 0 Å². The van der Waals surface area contributed by atoms with Crippen molar-refractivity contribution in [2.75, 3.05) is 7.11 Å². The van der Waals surface area contributed by atoms with E-state index in [0.29, 0.717) is 0 Å². The highest BCUT2D eigenvalue weighted by molar-refractivity contribution is 5.26. The van der Waals surface area contributed by atoms with Crippen LogP contribution in [0.25, 0.3) is 0 Å². The lowest BCUT2D eigenvalue weighted by molar-refractivity contribution is 0.405. The van der Waals surface area contributed by atoms with Crippen LogP contribution in [0.1, 0.15) is 32.4 Å². The zero-order chi connectivity index (χ0) is 10.4. The standard InChI is InChI=1S/C12H19NO/c1-10(2)6-4-7-11-12(14-3)8-5-9-13-11/h5,8-10H,4,6-7H2,1-3H3. The summed E-state index contributed by atoms with van der Waals surface area (Å²) >= 11 is 0. The quantitative estimate of drug-likeness (QED) is 0.717. The predicted molar refractivity (Wildman–Crippen MR) is 58.6 cm³/mol. The van der Waals surface area contributed by atoms with Gasteiger partial charge in [0.1, 0.15) is 5.75 Å². The Morgan fingerprint density at radius 2 is 2.21 bits per heavy atom. The van der Waals surface area contributed by atoms with Crippen molar-refractivity contribution < 1.29 is 4.74 Å². The fourth-order valence-electron chi connectivity index (χ4n) is 1.47. The van der Waals surface area contributed by atoms with Gasteiger partial charge in [0.05, 0.1) is 12.8 Å². The molecule has 1 aromatic heterocycles. The first-order valence-electron chi connectivity index (χ1n) is 5.22. The van der Waals surface area contributed by atoms with E-state index in [1.54, 1.807) is 7.11 Å². The van der Waals surface area contributed by atoms with Crippen LogP contribution in [0.5, 0.6) is 5.75 Å². The third-order valence-corrected chi connectivity index (χ3v) is 2.26. The molecule has 0 spiro atoms. The van der Waals surface area contributed by atoms with E-state index in [9.17, 15) is 0 Å². The average Bonchev–Trinajstić information content (AvgIpc) is 2.18. The molecular weight excluding hydrogens is 174 g/mol. The summed E-state index contributed by atoms with van der Waals surface area (Å²) in [5, 5.41) is 0. The molecule has 0 aliphatic carbocycles. The highest BCUT2D eigenvalue weighted by Crippen LogP contribution is 2.17. The van der Waals surface area contributed by atoms with E-state index in [0.717, 1.165) is 23.8 Å². The van der Waals surface area contributed by atoms with Crippen LogP contribution in [-0.4, -0.2) is 12.1 Å². The summed E-state index contributed by atoms with van der Waals surface area (Å²) in [5.41, 5.74) is 1.08. The van der Waals surface area contributed by atoms with Crippen molar-refractivity contribution in [3.63, 3.8) is 0 Å². The van der Waals surface area contributed by atoms with Crippen LogP contribution < -0.4 is 4.74 Å². The Labute approximate surface area is 86.3 Å². The van der Waals surface area contributed by atoms with Crippen molar-refractivity contribution in [1.29, 1.82) is 0 Å². The Hall–Kier alpha value is -1.05. The zero-order valence-corrected chi connectivity index (χ0v) is 9.29. The van der Waals surface area contributed by atoms with Gasteiger partial charge in [-0.2, -0.15) is 0 Å². The highest BCUT2D eigenvalue weighted by Gasteiger charge is 2.03. The van der Waals surface area contributed by atoms with Crippen LogP contribution in [0.2, 0.25) is 0 Å². The number of methoxy groups -OCH3 is 1. The monoisotopic (exact) mass is 193 g/mol. The molecule has 0 amide bonds. The van der Waals surface area contributed by atoms with Gasteiger partial charge < -0.3 is 4.74 Å². The van der Waals surface area contributed by atoms with Crippen LogP contribution in [0.3, 0.4) is 0 Å². The van der Waals surface area contributed by atoms with Gasteiger partial charge in [0.15, 0.2) is 0 Å². The van der Waals surface area contributed by atoms with E-state index in [2.05, 4.69) is 18.8 Å². The molecule has 0 saturated heterocycles. The molecule has 0 bridgehead atoms. The number of nitrogens with zero attached hydrogens (tertiary/aromatic N) is 1. The lowest BCUT2D eigenvalue weighted by Gasteiger charge is -2.07. The molecule has 0 aliphatic heterocycles. The second-order valence-corrected chi connectivity index (χ2v) is 3.94. The minimum atomic E-state index is 0.768. The Bertz CT molecular complexity index is 271. The smallest absolute Gasteiger partial charge is 0.140 e. The molecule has 0 fully saturated rings. The molecule has 0 atom stereocenters. The lowest BCUT2D eigenvalue weighted by Crippen LogP contribution is -1.97. The third kappa shape index (κ3) is 3.36. The minimum absolute atomic E-state index is 0.768. The second kappa shape index (κ2) is 5.63. The van der Waals surface area contributed by atoms with E-state index >= 15 is 0 Å². The van der Waals surface area contributed by atoms with E-state index < -0.39 is 0 Å². The van der Waals surface area contributed by atoms with Crippen LogP contribution in [0.15, 0.2) is 18.3 Å². The Morgan fingerprint density at radius 3 is 2.86 bits per heavy atom. The van der Waals surface area contributed by atoms with Crippen molar-refractivity contribution in [2.45, 2.75) is 33.1 Å². The second-order valence-electron chi connectivity index (χ2n) is 3.94. The molecule has 0 N–H and O–H groups in total. The summed E-state index contributed by atoms with van der Waals surface area (Å²) in [5.74, 6) is 1.68. The van der Waals surface area contributed by atoms with Crippen LogP contribution in [-0.2, 0) is 6.42 Å². The fourth-order valence-corrected chi connectivity index (χ4v) is 1.47. The first-order valence-corrected chi connectivity index (χ1v) is 5.22. The third-order valence-electron chi connectivity index (χ3n) is 2.26. The highest BCUT2D eigenvalue weighted by atomic mass is 16.5. The van der Waals surface area contributed by atoms with Gasteiger partial charge in [0.2, 0.25) is 0 Å². The van der Waals surface area contributed by atoms with Crippen LogP contribution in [0, 0.1) is 5.92 Å². The number of ether oxygens (including phenoxy) is 1. The number of pyridine rings is 1. The number of hydrogen-bond acceptors (Lipinski definition) is 2. The van der Waals surface area contributed by atoms with E-state index in [4.69, 9.17) is 4.74 Å². The molecule has 2 nitrogen and oxygen atoms in total. The molecule has 0 aliphatic rings. The molecule has 1 rings (SSSR count). The maximum absolute atomic E-state index is 5.24. The molecule has 0 unspecified atom stereocenters. The maximum atomic E-state index is 5.24. The summed E-state index contributed by atoms with van der Waals surface area (Å²) in [6, 6.07) is 3.88.